The minimum Gasteiger partial charge on any atom is -0.370 e. The Labute approximate surface area is 89.5 Å². The molecule has 0 aliphatic carbocycles. The highest BCUT2D eigenvalue weighted by molar-refractivity contribution is 5.81. The first kappa shape index (κ1) is 13.9. The van der Waals surface area contributed by atoms with E-state index >= 15 is 0 Å². The van der Waals surface area contributed by atoms with Crippen molar-refractivity contribution < 1.29 is 14.3 Å². The van der Waals surface area contributed by atoms with Gasteiger partial charge in [0.25, 0.3) is 0 Å². The molecule has 0 rings (SSSR count). The number of carbonyl (C=O) groups is 2. The highest BCUT2D eigenvalue weighted by atomic mass is 16.5. The maximum absolute atomic E-state index is 11.2. The van der Waals surface area contributed by atoms with Gasteiger partial charge in [0, 0.05) is 13.1 Å². The molecule has 2 amide bonds. The van der Waals surface area contributed by atoms with Gasteiger partial charge in [0.05, 0.1) is 12.6 Å². The minimum absolute atomic E-state index is 0.0487. The summed E-state index contributed by atoms with van der Waals surface area (Å²) in [5.74, 6) is -0.542. The molecule has 88 valence electrons. The lowest BCUT2D eigenvalue weighted by atomic mass is 10.3. The lowest BCUT2D eigenvalue weighted by molar-refractivity contribution is -0.124. The van der Waals surface area contributed by atoms with Gasteiger partial charge >= 0.3 is 0 Å². The van der Waals surface area contributed by atoms with E-state index in [2.05, 4.69) is 10.6 Å². The number of primary amides is 1. The first-order chi connectivity index (χ1) is 7.07. The quantitative estimate of drug-likeness (QED) is 0.436. The van der Waals surface area contributed by atoms with Crippen LogP contribution < -0.4 is 16.4 Å². The van der Waals surface area contributed by atoms with Crippen LogP contribution in [0.3, 0.4) is 0 Å². The predicted octanol–water partition coefficient (Wildman–Crippen LogP) is -1.40. The van der Waals surface area contributed by atoms with Gasteiger partial charge < -0.3 is 21.1 Å². The summed E-state index contributed by atoms with van der Waals surface area (Å²) in [4.78, 5) is 21.5. The van der Waals surface area contributed by atoms with E-state index in [0.29, 0.717) is 19.7 Å². The molecule has 0 heterocycles. The lowest BCUT2D eigenvalue weighted by Crippen LogP contribution is -2.43. The predicted molar refractivity (Wildman–Crippen MR) is 56.2 cm³/mol. The molecule has 0 aromatic carbocycles. The monoisotopic (exact) mass is 217 g/mol. The maximum Gasteiger partial charge on any atom is 0.243 e. The fraction of sp³-hybridized carbons (Fsp3) is 0.778. The van der Waals surface area contributed by atoms with Crippen LogP contribution in [0.2, 0.25) is 0 Å². The van der Waals surface area contributed by atoms with Crippen molar-refractivity contribution in [3.05, 3.63) is 0 Å². The number of nitrogens with two attached hydrogens (primary N) is 1. The number of amides is 2. The van der Waals surface area contributed by atoms with Gasteiger partial charge in [0.15, 0.2) is 0 Å². The molecular weight excluding hydrogens is 198 g/mol. The molecular formula is C9H19N3O3. The van der Waals surface area contributed by atoms with Crippen LogP contribution in [0.15, 0.2) is 0 Å². The van der Waals surface area contributed by atoms with Gasteiger partial charge in [-0.25, -0.2) is 0 Å². The van der Waals surface area contributed by atoms with Crippen molar-refractivity contribution >= 4 is 11.8 Å². The molecule has 6 nitrogen and oxygen atoms in total. The van der Waals surface area contributed by atoms with Crippen molar-refractivity contribution in [3.8, 4) is 0 Å². The Morgan fingerprint density at radius 1 is 1.47 bits per heavy atom. The van der Waals surface area contributed by atoms with Crippen LogP contribution in [0.25, 0.3) is 0 Å². The van der Waals surface area contributed by atoms with Crippen LogP contribution in [-0.4, -0.2) is 44.2 Å². The molecule has 0 spiro atoms. The summed E-state index contributed by atoms with van der Waals surface area (Å²) in [7, 11) is 0. The van der Waals surface area contributed by atoms with Gasteiger partial charge in [-0.1, -0.05) is 0 Å². The van der Waals surface area contributed by atoms with E-state index in [4.69, 9.17) is 10.5 Å². The number of likely N-dealkylation sites (N-methyl/N-ethyl adjacent to an activating group) is 1. The van der Waals surface area contributed by atoms with Crippen molar-refractivity contribution in [2.45, 2.75) is 19.9 Å². The van der Waals surface area contributed by atoms with Crippen molar-refractivity contribution in [1.82, 2.24) is 10.6 Å². The summed E-state index contributed by atoms with van der Waals surface area (Å²) >= 11 is 0. The zero-order valence-corrected chi connectivity index (χ0v) is 9.21. The van der Waals surface area contributed by atoms with E-state index in [0.717, 1.165) is 0 Å². The Morgan fingerprint density at radius 2 is 2.13 bits per heavy atom. The second-order valence-corrected chi connectivity index (χ2v) is 3.09. The molecule has 0 saturated heterocycles. The molecule has 0 saturated carbocycles. The van der Waals surface area contributed by atoms with E-state index in [9.17, 15) is 9.59 Å². The van der Waals surface area contributed by atoms with E-state index in [1.54, 1.807) is 6.92 Å². The van der Waals surface area contributed by atoms with Crippen LogP contribution in [0.4, 0.5) is 0 Å². The van der Waals surface area contributed by atoms with Gasteiger partial charge in [-0.2, -0.15) is 0 Å². The summed E-state index contributed by atoms with van der Waals surface area (Å²) in [6.45, 7) is 5.01. The summed E-state index contributed by atoms with van der Waals surface area (Å²) in [6.07, 6.45) is 0. The van der Waals surface area contributed by atoms with Gasteiger partial charge in [0.2, 0.25) is 11.8 Å². The van der Waals surface area contributed by atoms with Crippen LogP contribution in [0.5, 0.6) is 0 Å². The smallest absolute Gasteiger partial charge is 0.243 e. The molecule has 0 aliphatic rings. The van der Waals surface area contributed by atoms with E-state index < -0.39 is 5.91 Å². The fourth-order valence-corrected chi connectivity index (χ4v) is 0.940. The van der Waals surface area contributed by atoms with Gasteiger partial charge in [0.1, 0.15) is 6.61 Å². The highest BCUT2D eigenvalue weighted by Crippen LogP contribution is 1.81. The third-order valence-corrected chi connectivity index (χ3v) is 1.69. The SMILES string of the molecule is CCNC(=O)C(C)NCCOCC(N)=O. The third-order valence-electron chi connectivity index (χ3n) is 1.69. The zero-order valence-electron chi connectivity index (χ0n) is 9.21. The third kappa shape index (κ3) is 7.90. The van der Waals surface area contributed by atoms with E-state index in [-0.39, 0.29) is 18.6 Å². The molecule has 0 fully saturated rings. The second kappa shape index (κ2) is 8.19. The average Bonchev–Trinajstić information content (AvgIpc) is 2.16. The number of rotatable bonds is 8. The first-order valence-corrected chi connectivity index (χ1v) is 4.95. The summed E-state index contributed by atoms with van der Waals surface area (Å²) in [5, 5.41) is 5.64. The molecule has 1 unspecified atom stereocenters. The first-order valence-electron chi connectivity index (χ1n) is 4.95. The molecule has 4 N–H and O–H groups in total. The molecule has 15 heavy (non-hydrogen) atoms. The van der Waals surface area contributed by atoms with Crippen LogP contribution >= 0.6 is 0 Å². The van der Waals surface area contributed by atoms with Gasteiger partial charge in [-0.15, -0.1) is 0 Å². The second-order valence-electron chi connectivity index (χ2n) is 3.09. The van der Waals surface area contributed by atoms with E-state index in [1.165, 1.54) is 0 Å². The topological polar surface area (TPSA) is 93.4 Å². The van der Waals surface area contributed by atoms with Crippen LogP contribution in [-0.2, 0) is 14.3 Å². The summed E-state index contributed by atoms with van der Waals surface area (Å²) in [6, 6.07) is -0.262. The normalized spacial score (nSPS) is 12.1. The standard InChI is InChI=1S/C9H19N3O3/c1-3-11-9(14)7(2)12-4-5-15-6-8(10)13/h7,12H,3-6H2,1-2H3,(H2,10,13)(H,11,14). The number of hydrogen-bond donors (Lipinski definition) is 3. The fourth-order valence-electron chi connectivity index (χ4n) is 0.940. The molecule has 1 atom stereocenters. The number of ether oxygens (including phenoxy) is 1. The molecule has 0 radical (unpaired) electrons. The van der Waals surface area contributed by atoms with Crippen LogP contribution in [0, 0.1) is 0 Å². The Hall–Kier alpha value is -1.14. The van der Waals surface area contributed by atoms with Crippen molar-refractivity contribution in [2.24, 2.45) is 5.73 Å². The molecule has 0 bridgehead atoms. The Kier molecular flexibility index (Phi) is 7.57. The average molecular weight is 217 g/mol. The Morgan fingerprint density at radius 3 is 2.67 bits per heavy atom. The van der Waals surface area contributed by atoms with Crippen molar-refractivity contribution in [3.63, 3.8) is 0 Å². The van der Waals surface area contributed by atoms with Gasteiger partial charge in [-0.05, 0) is 13.8 Å². The minimum atomic E-state index is -0.494. The molecule has 0 aromatic rings. The van der Waals surface area contributed by atoms with Crippen molar-refractivity contribution in [1.29, 1.82) is 0 Å². The molecule has 0 aliphatic heterocycles. The lowest BCUT2D eigenvalue weighted by Gasteiger charge is -2.12. The number of nitrogens with one attached hydrogen (secondary N) is 2. The molecule has 6 heteroatoms. The van der Waals surface area contributed by atoms with E-state index in [1.807, 2.05) is 6.92 Å². The molecule has 0 aromatic heterocycles. The largest absolute Gasteiger partial charge is 0.370 e. The van der Waals surface area contributed by atoms with Gasteiger partial charge in [-0.3, -0.25) is 9.59 Å². The number of hydrogen-bond acceptors (Lipinski definition) is 4. The van der Waals surface area contributed by atoms with Crippen molar-refractivity contribution in [2.75, 3.05) is 26.3 Å². The maximum atomic E-state index is 11.2. The Bertz CT molecular complexity index is 209. The zero-order chi connectivity index (χ0) is 11.7. The van der Waals surface area contributed by atoms with Crippen LogP contribution in [0.1, 0.15) is 13.8 Å². The summed E-state index contributed by atoms with van der Waals surface area (Å²) in [5.41, 5.74) is 4.87. The summed E-state index contributed by atoms with van der Waals surface area (Å²) < 4.78 is 4.92. The highest BCUT2D eigenvalue weighted by Gasteiger charge is 2.09. The number of carbonyl (C=O) groups excluding carboxylic acids is 2. The Balaban J connectivity index is 3.42.